The fourth-order valence-corrected chi connectivity index (χ4v) is 2.36. The van der Waals surface area contributed by atoms with E-state index in [0.717, 1.165) is 5.69 Å². The van der Waals surface area contributed by atoms with Crippen molar-refractivity contribution in [1.82, 2.24) is 14.9 Å². The summed E-state index contributed by atoms with van der Waals surface area (Å²) in [6, 6.07) is 2.31. The first kappa shape index (κ1) is 15.2. The second kappa shape index (κ2) is 6.05. The maximum absolute atomic E-state index is 11.1. The lowest BCUT2D eigenvalue weighted by molar-refractivity contribution is -0.386. The van der Waals surface area contributed by atoms with Crippen LogP contribution in [0.4, 0.5) is 5.69 Å². The van der Waals surface area contributed by atoms with Crippen molar-refractivity contribution >= 4 is 5.69 Å². The van der Waals surface area contributed by atoms with Gasteiger partial charge in [-0.2, -0.15) is 0 Å². The number of pyridine rings is 1. The van der Waals surface area contributed by atoms with Gasteiger partial charge in [0.25, 0.3) is 5.69 Å². The molecule has 2 aromatic heterocycles. The lowest BCUT2D eigenvalue weighted by atomic mass is 10.1. The van der Waals surface area contributed by atoms with Crippen molar-refractivity contribution < 1.29 is 4.92 Å². The van der Waals surface area contributed by atoms with Crippen molar-refractivity contribution in [2.24, 2.45) is 0 Å². The Morgan fingerprint density at radius 1 is 1.48 bits per heavy atom. The van der Waals surface area contributed by atoms with Crippen LogP contribution in [0, 0.1) is 24.0 Å². The second-order valence-corrected chi connectivity index (χ2v) is 5.25. The molecule has 21 heavy (non-hydrogen) atoms. The van der Waals surface area contributed by atoms with Gasteiger partial charge in [-0.1, -0.05) is 0 Å². The molecule has 2 aromatic rings. The minimum atomic E-state index is -0.333. The summed E-state index contributed by atoms with van der Waals surface area (Å²) in [6.07, 6.45) is 5.57. The topological polar surface area (TPSA) is 73.0 Å². The zero-order chi connectivity index (χ0) is 15.6. The Balaban J connectivity index is 2.30. The predicted molar refractivity (Wildman–Crippen MR) is 81.4 cm³/mol. The van der Waals surface area contributed by atoms with Crippen molar-refractivity contribution in [2.75, 3.05) is 7.05 Å². The number of aryl methyl sites for hydroxylation is 1. The van der Waals surface area contributed by atoms with Gasteiger partial charge in [0.1, 0.15) is 0 Å². The molecule has 0 fully saturated rings. The Kier molecular flexibility index (Phi) is 4.37. The Morgan fingerprint density at radius 3 is 2.81 bits per heavy atom. The molecule has 2 heterocycles. The quantitative estimate of drug-likeness (QED) is 0.678. The molecule has 0 aromatic carbocycles. The molecule has 1 atom stereocenters. The van der Waals surface area contributed by atoms with E-state index >= 15 is 0 Å². The molecule has 0 spiro atoms. The van der Waals surface area contributed by atoms with Crippen LogP contribution < -0.4 is 5.32 Å². The first-order valence-electron chi connectivity index (χ1n) is 6.86. The molecule has 0 aliphatic heterocycles. The van der Waals surface area contributed by atoms with Crippen molar-refractivity contribution in [2.45, 2.75) is 33.4 Å². The Hall–Kier alpha value is -2.21. The summed E-state index contributed by atoms with van der Waals surface area (Å²) in [5, 5.41) is 14.3. The van der Waals surface area contributed by atoms with Gasteiger partial charge in [-0.05, 0) is 39.4 Å². The largest absolute Gasteiger partial charge is 0.348 e. The summed E-state index contributed by atoms with van der Waals surface area (Å²) in [5.41, 5.74) is 3.30. The lowest BCUT2D eigenvalue weighted by Gasteiger charge is -2.09. The van der Waals surface area contributed by atoms with Crippen LogP contribution in [0.25, 0.3) is 0 Å². The first-order valence-corrected chi connectivity index (χ1v) is 6.86. The monoisotopic (exact) mass is 288 g/mol. The van der Waals surface area contributed by atoms with E-state index in [0.29, 0.717) is 17.7 Å². The van der Waals surface area contributed by atoms with Gasteiger partial charge in [-0.15, -0.1) is 0 Å². The van der Waals surface area contributed by atoms with Crippen LogP contribution in [0.5, 0.6) is 0 Å². The summed E-state index contributed by atoms with van der Waals surface area (Å²) >= 11 is 0. The molecule has 0 bridgehead atoms. The second-order valence-electron chi connectivity index (χ2n) is 5.25. The van der Waals surface area contributed by atoms with Crippen molar-refractivity contribution in [3.8, 4) is 0 Å². The van der Waals surface area contributed by atoms with Gasteiger partial charge in [-0.3, -0.25) is 15.1 Å². The molecule has 0 saturated heterocycles. The van der Waals surface area contributed by atoms with Crippen molar-refractivity contribution in [3.63, 3.8) is 0 Å². The summed E-state index contributed by atoms with van der Waals surface area (Å²) < 4.78 is 2.00. The van der Waals surface area contributed by atoms with E-state index in [-0.39, 0.29) is 16.7 Å². The third-order valence-corrected chi connectivity index (χ3v) is 3.80. The van der Waals surface area contributed by atoms with Gasteiger partial charge in [0, 0.05) is 30.2 Å². The number of rotatable bonds is 5. The van der Waals surface area contributed by atoms with E-state index < -0.39 is 0 Å². The van der Waals surface area contributed by atoms with Gasteiger partial charge < -0.3 is 9.88 Å². The Labute approximate surface area is 124 Å². The molecule has 1 N–H and O–H groups in total. The molecule has 0 aliphatic carbocycles. The normalized spacial score (nSPS) is 12.4. The Morgan fingerprint density at radius 2 is 2.19 bits per heavy atom. The van der Waals surface area contributed by atoms with Crippen molar-refractivity contribution in [3.05, 3.63) is 57.2 Å². The zero-order valence-corrected chi connectivity index (χ0v) is 12.8. The molecule has 6 heteroatoms. The molecular weight excluding hydrogens is 268 g/mol. The molecule has 0 aliphatic rings. The SMILES string of the molecule is CNC(C)c1ccn(Cc2ncc(C)c([N+](=O)[O-])c2C)c1. The molecule has 2 rings (SSSR count). The highest BCUT2D eigenvalue weighted by atomic mass is 16.6. The zero-order valence-electron chi connectivity index (χ0n) is 12.8. The standard InChI is InChI=1S/C15H20N4O2/c1-10-7-17-14(11(2)15(10)19(20)21)9-18-6-5-13(8-18)12(3)16-4/h5-8,12,16H,9H2,1-4H3. The smallest absolute Gasteiger partial charge is 0.278 e. The van der Waals surface area contributed by atoms with E-state index in [1.165, 1.54) is 5.56 Å². The van der Waals surface area contributed by atoms with Crippen LogP contribution in [-0.4, -0.2) is 21.5 Å². The number of hydrogen-bond donors (Lipinski definition) is 1. The summed E-state index contributed by atoms with van der Waals surface area (Å²) in [7, 11) is 1.91. The fraction of sp³-hybridized carbons (Fsp3) is 0.400. The number of nitro groups is 1. The summed E-state index contributed by atoms with van der Waals surface area (Å²) in [5.74, 6) is 0. The maximum Gasteiger partial charge on any atom is 0.278 e. The van der Waals surface area contributed by atoms with Gasteiger partial charge in [0.05, 0.1) is 22.7 Å². The van der Waals surface area contributed by atoms with E-state index in [4.69, 9.17) is 0 Å². The van der Waals surface area contributed by atoms with Crippen LogP contribution in [0.3, 0.4) is 0 Å². The van der Waals surface area contributed by atoms with Crippen LogP contribution >= 0.6 is 0 Å². The average Bonchev–Trinajstić information content (AvgIpc) is 2.89. The summed E-state index contributed by atoms with van der Waals surface area (Å²) in [4.78, 5) is 15.2. The highest BCUT2D eigenvalue weighted by Gasteiger charge is 2.18. The average molecular weight is 288 g/mol. The van der Waals surface area contributed by atoms with Gasteiger partial charge in [0.2, 0.25) is 0 Å². The van der Waals surface area contributed by atoms with Crippen molar-refractivity contribution in [1.29, 1.82) is 0 Å². The molecule has 6 nitrogen and oxygen atoms in total. The minimum absolute atomic E-state index is 0.163. The van der Waals surface area contributed by atoms with Crippen LogP contribution in [0.1, 0.15) is 35.3 Å². The third kappa shape index (κ3) is 3.11. The molecular formula is C15H20N4O2. The fourth-order valence-electron chi connectivity index (χ4n) is 2.36. The number of aromatic nitrogens is 2. The van der Waals surface area contributed by atoms with E-state index in [9.17, 15) is 10.1 Å². The minimum Gasteiger partial charge on any atom is -0.348 e. The summed E-state index contributed by atoms with van der Waals surface area (Å²) in [6.45, 7) is 6.08. The van der Waals surface area contributed by atoms with E-state index in [1.54, 1.807) is 20.0 Å². The highest BCUT2D eigenvalue weighted by Crippen LogP contribution is 2.24. The lowest BCUT2D eigenvalue weighted by Crippen LogP contribution is -2.11. The third-order valence-electron chi connectivity index (χ3n) is 3.80. The number of hydrogen-bond acceptors (Lipinski definition) is 4. The van der Waals surface area contributed by atoms with E-state index in [2.05, 4.69) is 17.2 Å². The van der Waals surface area contributed by atoms with Crippen LogP contribution in [-0.2, 0) is 6.54 Å². The van der Waals surface area contributed by atoms with Crippen LogP contribution in [0.2, 0.25) is 0 Å². The highest BCUT2D eigenvalue weighted by molar-refractivity contribution is 5.47. The first-order chi connectivity index (χ1) is 9.93. The van der Waals surface area contributed by atoms with Crippen LogP contribution in [0.15, 0.2) is 24.7 Å². The number of nitrogens with zero attached hydrogens (tertiary/aromatic N) is 3. The molecule has 0 saturated carbocycles. The number of nitrogens with one attached hydrogen (secondary N) is 1. The van der Waals surface area contributed by atoms with E-state index in [1.807, 2.05) is 30.1 Å². The van der Waals surface area contributed by atoms with Gasteiger partial charge in [-0.25, -0.2) is 0 Å². The van der Waals surface area contributed by atoms with Gasteiger partial charge in [0.15, 0.2) is 0 Å². The van der Waals surface area contributed by atoms with Gasteiger partial charge >= 0.3 is 0 Å². The Bertz CT molecular complexity index is 664. The molecule has 112 valence electrons. The predicted octanol–water partition coefficient (Wildman–Crippen LogP) is 2.74. The maximum atomic E-state index is 11.1. The molecule has 0 radical (unpaired) electrons. The molecule has 0 amide bonds. The molecule has 1 unspecified atom stereocenters.